The quantitative estimate of drug-likeness (QED) is 0.0880. The average molecular weight is 907 g/mol. The van der Waals surface area contributed by atoms with Gasteiger partial charge in [-0.25, -0.2) is 19.6 Å². The van der Waals surface area contributed by atoms with Crippen LogP contribution in [0.2, 0.25) is 0 Å². The summed E-state index contributed by atoms with van der Waals surface area (Å²) in [7, 11) is 2.59. The van der Waals surface area contributed by atoms with E-state index in [1.165, 1.54) is 14.2 Å². The van der Waals surface area contributed by atoms with Crippen LogP contribution >= 0.6 is 0 Å². The maximum absolute atomic E-state index is 14.1. The lowest BCUT2D eigenvalue weighted by atomic mass is 9.98. The van der Waals surface area contributed by atoms with Crippen molar-refractivity contribution >= 4 is 34.8 Å². The number of benzene rings is 3. The SMILES string of the molecule is COC(=O)NC(C(=O)N1CC2(CC2)C[C@H]1c1ncc(-c2ccc3cc(-c4ccc(-c5cnc([C@@H]6C[C@H](Cc7cnccn7)CN6C(=O)[C@@H](NC(=O)OC)C(C)C)[nH]5)cc4)ccc3c2)[nH]1)C(C)C. The van der Waals surface area contributed by atoms with Crippen LogP contribution in [0.25, 0.3) is 44.4 Å². The minimum absolute atomic E-state index is 0.111. The number of carbonyl (C=O) groups excluding carboxylic acids is 4. The first-order chi connectivity index (χ1) is 32.3. The highest BCUT2D eigenvalue weighted by atomic mass is 16.5. The number of likely N-dealkylation sites (tertiary alicyclic amines) is 2. The minimum Gasteiger partial charge on any atom is -0.453 e. The van der Waals surface area contributed by atoms with Gasteiger partial charge in [0.05, 0.1) is 55.8 Å². The van der Waals surface area contributed by atoms with E-state index in [0.29, 0.717) is 31.8 Å². The highest BCUT2D eigenvalue weighted by Crippen LogP contribution is 2.58. The summed E-state index contributed by atoms with van der Waals surface area (Å²) >= 11 is 0. The molecule has 67 heavy (non-hydrogen) atoms. The Bertz CT molecular complexity index is 2770. The Morgan fingerprint density at radius 3 is 1.82 bits per heavy atom. The van der Waals surface area contributed by atoms with Gasteiger partial charge in [-0.05, 0) is 94.9 Å². The van der Waals surface area contributed by atoms with Crippen LogP contribution in [0.4, 0.5) is 9.59 Å². The number of aromatic nitrogens is 6. The fourth-order valence-corrected chi connectivity index (χ4v) is 9.87. The lowest BCUT2D eigenvalue weighted by Crippen LogP contribution is -2.51. The number of methoxy groups -OCH3 is 2. The van der Waals surface area contributed by atoms with E-state index in [9.17, 15) is 19.2 Å². The number of fused-ring (bicyclic) bond motifs is 1. The fourth-order valence-electron chi connectivity index (χ4n) is 9.87. The van der Waals surface area contributed by atoms with Gasteiger partial charge in [-0.2, -0.15) is 0 Å². The molecule has 5 heterocycles. The molecule has 6 aromatic rings. The third-order valence-electron chi connectivity index (χ3n) is 13.8. The van der Waals surface area contributed by atoms with Crippen molar-refractivity contribution in [2.24, 2.45) is 23.2 Å². The van der Waals surface area contributed by atoms with Crippen molar-refractivity contribution in [1.82, 2.24) is 50.3 Å². The van der Waals surface area contributed by atoms with Crippen LogP contribution in [-0.2, 0) is 25.5 Å². The summed E-state index contributed by atoms with van der Waals surface area (Å²) in [6.45, 7) is 8.78. The van der Waals surface area contributed by atoms with Gasteiger partial charge in [-0.15, -0.1) is 0 Å². The van der Waals surface area contributed by atoms with Crippen molar-refractivity contribution in [3.8, 4) is 33.6 Å². The molecule has 0 bridgehead atoms. The van der Waals surface area contributed by atoms with Gasteiger partial charge >= 0.3 is 12.2 Å². The number of nitrogens with zero attached hydrogens (tertiary/aromatic N) is 6. The third-order valence-corrected chi connectivity index (χ3v) is 13.8. The molecule has 3 aliphatic rings. The summed E-state index contributed by atoms with van der Waals surface area (Å²) in [6.07, 6.45) is 11.8. The minimum atomic E-state index is -0.764. The lowest BCUT2D eigenvalue weighted by molar-refractivity contribution is -0.136. The summed E-state index contributed by atoms with van der Waals surface area (Å²) in [5.41, 5.74) is 6.78. The third kappa shape index (κ3) is 9.47. The molecule has 2 saturated heterocycles. The zero-order valence-corrected chi connectivity index (χ0v) is 38.8. The van der Waals surface area contributed by atoms with E-state index >= 15 is 0 Å². The normalized spacial score (nSPS) is 19.5. The van der Waals surface area contributed by atoms with E-state index in [1.807, 2.05) is 49.9 Å². The van der Waals surface area contributed by atoms with Gasteiger partial charge in [0, 0.05) is 37.2 Å². The van der Waals surface area contributed by atoms with Gasteiger partial charge in [-0.3, -0.25) is 19.6 Å². The Morgan fingerprint density at radius 2 is 1.24 bits per heavy atom. The van der Waals surface area contributed by atoms with E-state index in [4.69, 9.17) is 19.4 Å². The van der Waals surface area contributed by atoms with Crippen molar-refractivity contribution < 1.29 is 28.7 Å². The van der Waals surface area contributed by atoms with Gasteiger partial charge < -0.3 is 39.9 Å². The molecule has 348 valence electrons. The summed E-state index contributed by atoms with van der Waals surface area (Å²) in [4.78, 5) is 81.6. The van der Waals surface area contributed by atoms with Crippen molar-refractivity contribution in [2.75, 3.05) is 27.3 Å². The Hall–Kier alpha value is -7.10. The van der Waals surface area contributed by atoms with Crippen LogP contribution in [0.1, 0.15) is 82.8 Å². The van der Waals surface area contributed by atoms with E-state index in [-0.39, 0.29) is 47.1 Å². The molecule has 3 fully saturated rings. The molecule has 1 spiro atoms. The molecule has 5 atom stereocenters. The van der Waals surface area contributed by atoms with Crippen LogP contribution < -0.4 is 10.6 Å². The number of hydrogen-bond donors (Lipinski definition) is 4. The fraction of sp³-hybridized carbons (Fsp3) is 0.412. The molecular weight excluding hydrogens is 849 g/mol. The van der Waals surface area contributed by atoms with Crippen molar-refractivity contribution in [2.45, 2.75) is 84.0 Å². The molecule has 4 N–H and O–H groups in total. The van der Waals surface area contributed by atoms with Crippen molar-refractivity contribution in [3.63, 3.8) is 0 Å². The van der Waals surface area contributed by atoms with Gasteiger partial charge in [0.25, 0.3) is 0 Å². The smallest absolute Gasteiger partial charge is 0.407 e. The molecule has 3 aromatic heterocycles. The maximum atomic E-state index is 14.1. The molecule has 1 unspecified atom stereocenters. The molecule has 2 aliphatic heterocycles. The summed E-state index contributed by atoms with van der Waals surface area (Å²) in [5.74, 6) is 0.970. The van der Waals surface area contributed by atoms with E-state index in [1.54, 1.807) is 18.6 Å². The number of alkyl carbamates (subject to hydrolysis) is 2. The number of H-pyrrole nitrogens is 2. The number of rotatable bonds is 13. The monoisotopic (exact) mass is 906 g/mol. The first-order valence-corrected chi connectivity index (χ1v) is 23.1. The zero-order valence-electron chi connectivity index (χ0n) is 38.8. The number of imidazole rings is 2. The molecular formula is C51H58N10O6. The zero-order chi connectivity index (χ0) is 47.0. The Balaban J connectivity index is 0.898. The van der Waals surface area contributed by atoms with Gasteiger partial charge in [-0.1, -0.05) is 76.2 Å². The van der Waals surface area contributed by atoms with Crippen LogP contribution in [0, 0.1) is 23.2 Å². The predicted octanol–water partition coefficient (Wildman–Crippen LogP) is 8.02. The second-order valence-electron chi connectivity index (χ2n) is 19.1. The Morgan fingerprint density at radius 1 is 0.687 bits per heavy atom. The summed E-state index contributed by atoms with van der Waals surface area (Å²) in [6, 6.07) is 19.1. The second-order valence-corrected chi connectivity index (χ2v) is 19.1. The van der Waals surface area contributed by atoms with Crippen LogP contribution in [0.3, 0.4) is 0 Å². The van der Waals surface area contributed by atoms with Crippen LogP contribution in [-0.4, -0.2) is 103 Å². The lowest BCUT2D eigenvalue weighted by Gasteiger charge is -2.30. The number of amides is 4. The first kappa shape index (κ1) is 45.1. The van der Waals surface area contributed by atoms with Crippen molar-refractivity contribution in [3.05, 3.63) is 109 Å². The molecule has 0 radical (unpaired) electrons. The molecule has 4 amide bonds. The molecule has 1 saturated carbocycles. The molecule has 9 rings (SSSR count). The Labute approximate surface area is 389 Å². The Kier molecular flexibility index (Phi) is 12.5. The molecule has 16 heteroatoms. The summed E-state index contributed by atoms with van der Waals surface area (Å²) in [5, 5.41) is 7.68. The number of hydrogen-bond acceptors (Lipinski definition) is 10. The largest absolute Gasteiger partial charge is 0.453 e. The van der Waals surface area contributed by atoms with E-state index in [0.717, 1.165) is 75.2 Å². The number of nitrogens with one attached hydrogen (secondary N) is 4. The van der Waals surface area contributed by atoms with E-state index in [2.05, 4.69) is 91.2 Å². The number of aromatic amines is 2. The average Bonchev–Trinajstić information content (AvgIpc) is 3.83. The number of ether oxygens (including phenoxy) is 2. The molecule has 16 nitrogen and oxygen atoms in total. The second kappa shape index (κ2) is 18.6. The number of carbonyl (C=O) groups is 4. The predicted molar refractivity (Wildman–Crippen MR) is 252 cm³/mol. The summed E-state index contributed by atoms with van der Waals surface area (Å²) < 4.78 is 9.68. The van der Waals surface area contributed by atoms with Gasteiger partial charge in [0.2, 0.25) is 11.8 Å². The van der Waals surface area contributed by atoms with Gasteiger partial charge in [0.1, 0.15) is 23.7 Å². The highest BCUT2D eigenvalue weighted by molar-refractivity contribution is 5.91. The van der Waals surface area contributed by atoms with Crippen LogP contribution in [0.15, 0.2) is 91.6 Å². The first-order valence-electron chi connectivity index (χ1n) is 23.1. The van der Waals surface area contributed by atoms with Crippen LogP contribution in [0.5, 0.6) is 0 Å². The topological polar surface area (TPSA) is 200 Å². The van der Waals surface area contributed by atoms with Crippen molar-refractivity contribution in [1.29, 1.82) is 0 Å². The standard InChI is InChI=1S/C51H58N10O6/c1-29(2)43(58-49(64)66-5)47(62)60-27-31(19-38-24-52-17-18-53-38)20-41(60)45-54-25-39(56-45)33-9-7-32(8-10-33)34-11-12-36-22-37(14-13-35(36)21-34)40-26-55-46(57-40)42-23-51(15-16-51)28-61(42)48(63)44(30(3)4)59-50(65)67-6/h7-14,17-18,21-22,24-26,29-31,41-44H,15-16,19-20,23,27-28H2,1-6H3,(H,54,56)(H,55,57)(H,58,64)(H,59,65)/t31-,41-,42-,43-,44?/m0/s1. The maximum Gasteiger partial charge on any atom is 0.407 e. The van der Waals surface area contributed by atoms with Gasteiger partial charge in [0.15, 0.2) is 0 Å². The molecule has 1 aliphatic carbocycles. The molecule has 3 aromatic carbocycles. The highest BCUT2D eigenvalue weighted by Gasteiger charge is 2.55. The van der Waals surface area contributed by atoms with E-state index < -0.39 is 24.3 Å².